The van der Waals surface area contributed by atoms with Gasteiger partial charge in [0.05, 0.1) is 5.37 Å². The first kappa shape index (κ1) is 7.47. The van der Waals surface area contributed by atoms with Gasteiger partial charge in [-0.3, -0.25) is 4.79 Å². The lowest BCUT2D eigenvalue weighted by Gasteiger charge is -2.38. The van der Waals surface area contributed by atoms with E-state index in [0.29, 0.717) is 11.3 Å². The predicted molar refractivity (Wildman–Crippen MR) is 46.4 cm³/mol. The number of fused-ring (bicyclic) bond motifs is 1. The van der Waals surface area contributed by atoms with Crippen molar-refractivity contribution in [2.24, 2.45) is 0 Å². The maximum Gasteiger partial charge on any atom is 0.224 e. The summed E-state index contributed by atoms with van der Waals surface area (Å²) in [5.74, 6) is 1.42. The van der Waals surface area contributed by atoms with Gasteiger partial charge in [0.2, 0.25) is 5.91 Å². The lowest BCUT2D eigenvalue weighted by molar-refractivity contribution is -0.132. The fourth-order valence-electron chi connectivity index (χ4n) is 1.79. The number of piperidine rings is 1. The quantitative estimate of drug-likeness (QED) is 0.550. The Morgan fingerprint density at radius 2 is 2.36 bits per heavy atom. The zero-order chi connectivity index (χ0) is 7.68. The Labute approximate surface area is 71.3 Å². The molecule has 1 amide bonds. The standard InChI is InChI=1S/C8H13NOS/c10-7-4-6-11-8-3-1-2-5-9(7)8/h8H,1-6H2. The molecule has 0 aromatic carbocycles. The third-order valence-corrected chi connectivity index (χ3v) is 3.71. The molecule has 0 aromatic rings. The highest BCUT2D eigenvalue weighted by molar-refractivity contribution is 7.99. The van der Waals surface area contributed by atoms with Gasteiger partial charge in [0.25, 0.3) is 0 Å². The van der Waals surface area contributed by atoms with Crippen molar-refractivity contribution in [1.82, 2.24) is 4.90 Å². The topological polar surface area (TPSA) is 20.3 Å². The summed E-state index contributed by atoms with van der Waals surface area (Å²) in [5.41, 5.74) is 0. The molecule has 2 heterocycles. The molecule has 2 aliphatic rings. The average Bonchev–Trinajstić information content (AvgIpc) is 2.06. The minimum Gasteiger partial charge on any atom is -0.331 e. The van der Waals surface area contributed by atoms with Crippen molar-refractivity contribution >= 4 is 17.7 Å². The highest BCUT2D eigenvalue weighted by Gasteiger charge is 2.29. The molecule has 3 heteroatoms. The molecule has 0 spiro atoms. The van der Waals surface area contributed by atoms with Crippen LogP contribution in [0, 0.1) is 0 Å². The number of hydrogen-bond donors (Lipinski definition) is 0. The van der Waals surface area contributed by atoms with E-state index in [9.17, 15) is 4.79 Å². The molecule has 2 saturated heterocycles. The van der Waals surface area contributed by atoms with Crippen LogP contribution in [-0.4, -0.2) is 28.5 Å². The second-order valence-corrected chi connectivity index (χ2v) is 4.44. The summed E-state index contributed by atoms with van der Waals surface area (Å²) in [5, 5.41) is 0.532. The molecule has 2 rings (SSSR count). The van der Waals surface area contributed by atoms with Crippen molar-refractivity contribution in [2.45, 2.75) is 31.1 Å². The van der Waals surface area contributed by atoms with Crippen molar-refractivity contribution in [2.75, 3.05) is 12.3 Å². The summed E-state index contributed by atoms with van der Waals surface area (Å²) in [6.45, 7) is 1.01. The van der Waals surface area contributed by atoms with Gasteiger partial charge in [-0.25, -0.2) is 0 Å². The van der Waals surface area contributed by atoms with Gasteiger partial charge in [0.15, 0.2) is 0 Å². The molecule has 0 aliphatic carbocycles. The Morgan fingerprint density at radius 3 is 3.18 bits per heavy atom. The van der Waals surface area contributed by atoms with Crippen LogP contribution in [0.5, 0.6) is 0 Å². The van der Waals surface area contributed by atoms with Crippen LogP contribution in [-0.2, 0) is 4.79 Å². The Kier molecular flexibility index (Phi) is 2.07. The molecular weight excluding hydrogens is 158 g/mol. The van der Waals surface area contributed by atoms with Crippen LogP contribution in [0.3, 0.4) is 0 Å². The summed E-state index contributed by atoms with van der Waals surface area (Å²) in [4.78, 5) is 13.4. The molecular formula is C8H13NOS. The number of carbonyl (C=O) groups is 1. The van der Waals surface area contributed by atoms with E-state index in [-0.39, 0.29) is 0 Å². The molecule has 62 valence electrons. The van der Waals surface area contributed by atoms with Gasteiger partial charge in [-0.15, -0.1) is 11.8 Å². The minimum atomic E-state index is 0.383. The molecule has 1 unspecified atom stereocenters. The summed E-state index contributed by atoms with van der Waals surface area (Å²) in [7, 11) is 0. The SMILES string of the molecule is O=C1CCSC2CCCCN12. The third kappa shape index (κ3) is 1.39. The third-order valence-electron chi connectivity index (χ3n) is 2.39. The van der Waals surface area contributed by atoms with Gasteiger partial charge in [-0.2, -0.15) is 0 Å². The fourth-order valence-corrected chi connectivity index (χ4v) is 3.09. The molecule has 0 aromatic heterocycles. The second-order valence-electron chi connectivity index (χ2n) is 3.16. The van der Waals surface area contributed by atoms with Gasteiger partial charge < -0.3 is 4.90 Å². The van der Waals surface area contributed by atoms with E-state index >= 15 is 0 Å². The number of nitrogens with zero attached hydrogens (tertiary/aromatic N) is 1. The first-order chi connectivity index (χ1) is 5.38. The van der Waals surface area contributed by atoms with Gasteiger partial charge in [-0.05, 0) is 19.3 Å². The van der Waals surface area contributed by atoms with Gasteiger partial charge >= 0.3 is 0 Å². The summed E-state index contributed by atoms with van der Waals surface area (Å²) in [6, 6.07) is 0. The Balaban J connectivity index is 2.05. The molecule has 2 aliphatic heterocycles. The second kappa shape index (κ2) is 3.05. The number of thioether (sulfide) groups is 1. The van der Waals surface area contributed by atoms with Gasteiger partial charge in [0.1, 0.15) is 0 Å². The van der Waals surface area contributed by atoms with E-state index < -0.39 is 0 Å². The normalized spacial score (nSPS) is 31.8. The average molecular weight is 171 g/mol. The van der Waals surface area contributed by atoms with Crippen LogP contribution in [0.1, 0.15) is 25.7 Å². The zero-order valence-corrected chi connectivity index (χ0v) is 7.40. The smallest absolute Gasteiger partial charge is 0.224 e. The zero-order valence-electron chi connectivity index (χ0n) is 6.58. The maximum atomic E-state index is 11.3. The molecule has 0 N–H and O–H groups in total. The van der Waals surface area contributed by atoms with E-state index in [1.807, 2.05) is 11.8 Å². The number of rotatable bonds is 0. The largest absolute Gasteiger partial charge is 0.331 e. The predicted octanol–water partition coefficient (Wildman–Crippen LogP) is 1.46. The van der Waals surface area contributed by atoms with E-state index in [1.54, 1.807) is 0 Å². The van der Waals surface area contributed by atoms with E-state index in [1.165, 1.54) is 19.3 Å². The number of hydrogen-bond acceptors (Lipinski definition) is 2. The molecule has 1 atom stereocenters. The van der Waals surface area contributed by atoms with Crippen LogP contribution in [0.4, 0.5) is 0 Å². The van der Waals surface area contributed by atoms with Crippen LogP contribution in [0.2, 0.25) is 0 Å². The van der Waals surface area contributed by atoms with E-state index in [2.05, 4.69) is 4.90 Å². The van der Waals surface area contributed by atoms with Crippen molar-refractivity contribution in [3.05, 3.63) is 0 Å². The molecule has 0 saturated carbocycles. The first-order valence-corrected chi connectivity index (χ1v) is 5.34. The molecule has 11 heavy (non-hydrogen) atoms. The Morgan fingerprint density at radius 1 is 1.45 bits per heavy atom. The maximum absolute atomic E-state index is 11.3. The van der Waals surface area contributed by atoms with Gasteiger partial charge in [0, 0.05) is 18.7 Å². The first-order valence-electron chi connectivity index (χ1n) is 4.29. The Hall–Kier alpha value is -0.180. The van der Waals surface area contributed by atoms with Crippen LogP contribution >= 0.6 is 11.8 Å². The molecule has 0 bridgehead atoms. The number of amides is 1. The Bertz CT molecular complexity index is 169. The summed E-state index contributed by atoms with van der Waals surface area (Å²) in [6.07, 6.45) is 4.50. The van der Waals surface area contributed by atoms with E-state index in [0.717, 1.165) is 18.7 Å². The number of carbonyl (C=O) groups excluding carboxylic acids is 1. The minimum absolute atomic E-state index is 0.383. The van der Waals surface area contributed by atoms with Crippen molar-refractivity contribution < 1.29 is 4.79 Å². The van der Waals surface area contributed by atoms with Crippen molar-refractivity contribution in [3.8, 4) is 0 Å². The van der Waals surface area contributed by atoms with Crippen LogP contribution < -0.4 is 0 Å². The van der Waals surface area contributed by atoms with Crippen LogP contribution in [0.25, 0.3) is 0 Å². The molecule has 0 radical (unpaired) electrons. The lowest BCUT2D eigenvalue weighted by atomic mass is 10.1. The fraction of sp³-hybridized carbons (Fsp3) is 0.875. The highest BCUT2D eigenvalue weighted by Crippen LogP contribution is 2.30. The summed E-state index contributed by atoms with van der Waals surface area (Å²) >= 11 is 1.96. The van der Waals surface area contributed by atoms with Crippen LogP contribution in [0.15, 0.2) is 0 Å². The lowest BCUT2D eigenvalue weighted by Crippen LogP contribution is -2.45. The highest BCUT2D eigenvalue weighted by atomic mass is 32.2. The molecule has 2 fully saturated rings. The summed E-state index contributed by atoms with van der Waals surface area (Å²) < 4.78 is 0. The van der Waals surface area contributed by atoms with Gasteiger partial charge in [-0.1, -0.05) is 0 Å². The van der Waals surface area contributed by atoms with Crippen molar-refractivity contribution in [3.63, 3.8) is 0 Å². The van der Waals surface area contributed by atoms with E-state index in [4.69, 9.17) is 0 Å². The molecule has 2 nitrogen and oxygen atoms in total. The van der Waals surface area contributed by atoms with Crippen molar-refractivity contribution in [1.29, 1.82) is 0 Å². The monoisotopic (exact) mass is 171 g/mol.